The molecular weight excluding hydrogens is 799 g/mol. The van der Waals surface area contributed by atoms with Gasteiger partial charge in [-0.25, -0.2) is 0 Å². The lowest BCUT2D eigenvalue weighted by atomic mass is 9.75. The van der Waals surface area contributed by atoms with E-state index in [1.807, 2.05) is 12.2 Å². The molecule has 0 bridgehead atoms. The van der Waals surface area contributed by atoms with Crippen LogP contribution in [-0.2, 0) is 0 Å². The van der Waals surface area contributed by atoms with E-state index in [4.69, 9.17) is 4.42 Å². The molecule has 2 heteroatoms. The number of anilines is 3. The Hall–Kier alpha value is -8.20. The lowest BCUT2D eigenvalue weighted by molar-refractivity contribution is 0.669. The van der Waals surface area contributed by atoms with Crippen LogP contribution in [0.3, 0.4) is 0 Å². The molecule has 0 saturated carbocycles. The fourth-order valence-corrected chi connectivity index (χ4v) is 10.4. The summed E-state index contributed by atoms with van der Waals surface area (Å²) in [4.78, 5) is 2.42. The van der Waals surface area contributed by atoms with Crippen LogP contribution in [0.25, 0.3) is 67.1 Å². The average molecular weight is 846 g/mol. The Kier molecular flexibility index (Phi) is 9.99. The molecule has 314 valence electrons. The molecule has 0 amide bonds. The quantitative estimate of drug-likeness (QED) is 0.135. The van der Waals surface area contributed by atoms with Crippen molar-refractivity contribution in [2.75, 3.05) is 4.90 Å². The van der Waals surface area contributed by atoms with Crippen molar-refractivity contribution in [2.24, 2.45) is 5.92 Å². The molecule has 0 aliphatic heterocycles. The smallest absolute Gasteiger partial charge is 0.136 e. The first-order valence-corrected chi connectivity index (χ1v) is 23.0. The summed E-state index contributed by atoms with van der Waals surface area (Å²) in [6.07, 6.45) is 25.4. The molecule has 0 saturated heterocycles. The maximum Gasteiger partial charge on any atom is 0.136 e. The summed E-state index contributed by atoms with van der Waals surface area (Å²) in [5.41, 5.74) is 15.1. The molecule has 0 fully saturated rings. The first kappa shape index (κ1) is 39.4. The van der Waals surface area contributed by atoms with Crippen molar-refractivity contribution in [3.63, 3.8) is 0 Å². The van der Waals surface area contributed by atoms with Gasteiger partial charge in [-0.3, -0.25) is 0 Å². The predicted molar refractivity (Wildman–Crippen MR) is 280 cm³/mol. The van der Waals surface area contributed by atoms with Crippen LogP contribution in [0.15, 0.2) is 242 Å². The summed E-state index contributed by atoms with van der Waals surface area (Å²) >= 11 is 0. The maximum absolute atomic E-state index is 6.45. The zero-order valence-electron chi connectivity index (χ0n) is 36.6. The summed E-state index contributed by atoms with van der Waals surface area (Å²) in [6, 6.07) is 64.4. The van der Waals surface area contributed by atoms with E-state index >= 15 is 0 Å². The van der Waals surface area contributed by atoms with Gasteiger partial charge in [0, 0.05) is 45.5 Å². The van der Waals surface area contributed by atoms with Crippen LogP contribution in [0.1, 0.15) is 40.5 Å². The van der Waals surface area contributed by atoms with Crippen molar-refractivity contribution in [1.29, 1.82) is 0 Å². The van der Waals surface area contributed by atoms with Crippen LogP contribution >= 0.6 is 0 Å². The third-order valence-electron chi connectivity index (χ3n) is 13.7. The number of nitrogens with zero attached hydrogens (tertiary/aromatic N) is 1. The Morgan fingerprint density at radius 1 is 0.576 bits per heavy atom. The SMILES string of the molecule is C=C/C=C\c1cccc(C2C=CC(c3ccc(N(c4ccc(C5C=c6ccccc6=C6C=CC=CC65)cc4)c4ccccc4-c4ccc5oc6cc7ccccc7cc6c5c4)cc3)=CC2)c1. The van der Waals surface area contributed by atoms with Gasteiger partial charge in [0.05, 0.1) is 5.69 Å². The Labute approximate surface area is 385 Å². The molecular formula is C64H47NO. The molecule has 8 aromatic carbocycles. The van der Waals surface area contributed by atoms with E-state index in [1.54, 1.807) is 0 Å². The molecule has 66 heavy (non-hydrogen) atoms. The van der Waals surface area contributed by atoms with Gasteiger partial charge < -0.3 is 9.32 Å². The summed E-state index contributed by atoms with van der Waals surface area (Å²) in [7, 11) is 0. The van der Waals surface area contributed by atoms with E-state index in [2.05, 4.69) is 242 Å². The molecule has 2 nitrogen and oxygen atoms in total. The number of rotatable bonds is 9. The lowest BCUT2D eigenvalue weighted by Gasteiger charge is -2.30. The topological polar surface area (TPSA) is 16.4 Å². The lowest BCUT2D eigenvalue weighted by Crippen LogP contribution is -2.35. The molecule has 3 unspecified atom stereocenters. The largest absolute Gasteiger partial charge is 0.456 e. The highest BCUT2D eigenvalue weighted by Gasteiger charge is 2.27. The first-order valence-electron chi connectivity index (χ1n) is 23.0. The zero-order valence-corrected chi connectivity index (χ0v) is 36.6. The highest BCUT2D eigenvalue weighted by molar-refractivity contribution is 6.11. The summed E-state index contributed by atoms with van der Waals surface area (Å²) in [6.45, 7) is 3.83. The fourth-order valence-electron chi connectivity index (χ4n) is 10.4. The van der Waals surface area contributed by atoms with Gasteiger partial charge in [0.25, 0.3) is 0 Å². The standard InChI is InChI=1S/C64H47NO/c1-2-3-13-43-14-12-18-48(38-43)46-26-24-44(25-27-46)45-28-33-53(34-29-45)65(54-35-30-47(31-36-54)59-40-51-17-6-7-19-55(51)57-21-8-9-22-58(57)59)62-23-11-10-20-56(62)52-32-37-63-60(41-52)61-39-49-15-4-5-16-50(49)42-64(61)66-63/h2-26,28-42,46,58-59H,1,27H2/b13-3-. The monoisotopic (exact) mass is 845 g/mol. The second-order valence-electron chi connectivity index (χ2n) is 17.6. The number of furan rings is 1. The van der Waals surface area contributed by atoms with E-state index in [1.165, 1.54) is 54.6 Å². The number of para-hydroxylation sites is 1. The van der Waals surface area contributed by atoms with Gasteiger partial charge in [0.2, 0.25) is 0 Å². The van der Waals surface area contributed by atoms with E-state index in [9.17, 15) is 0 Å². The maximum atomic E-state index is 6.45. The molecule has 3 aliphatic carbocycles. The van der Waals surface area contributed by atoms with Crippen LogP contribution < -0.4 is 15.3 Å². The van der Waals surface area contributed by atoms with Gasteiger partial charge >= 0.3 is 0 Å². The van der Waals surface area contributed by atoms with E-state index in [-0.39, 0.29) is 11.8 Å². The van der Waals surface area contributed by atoms with Gasteiger partial charge in [-0.05, 0) is 121 Å². The van der Waals surface area contributed by atoms with Crippen molar-refractivity contribution < 1.29 is 4.42 Å². The van der Waals surface area contributed by atoms with Crippen LogP contribution in [0, 0.1) is 5.92 Å². The first-order chi connectivity index (χ1) is 32.6. The zero-order chi connectivity index (χ0) is 44.0. The van der Waals surface area contributed by atoms with Crippen molar-refractivity contribution in [2.45, 2.75) is 18.3 Å². The van der Waals surface area contributed by atoms with E-state index in [0.717, 1.165) is 56.5 Å². The van der Waals surface area contributed by atoms with Gasteiger partial charge in [-0.2, -0.15) is 0 Å². The molecule has 1 aromatic heterocycles. The number of benzene rings is 8. The molecule has 12 rings (SSSR count). The Morgan fingerprint density at radius 2 is 1.33 bits per heavy atom. The number of fused-ring (bicyclic) bond motifs is 6. The molecule has 0 spiro atoms. The summed E-state index contributed by atoms with van der Waals surface area (Å²) in [5, 5.41) is 7.26. The minimum Gasteiger partial charge on any atom is -0.456 e. The van der Waals surface area contributed by atoms with Gasteiger partial charge in [-0.15, -0.1) is 0 Å². The van der Waals surface area contributed by atoms with Crippen LogP contribution in [0.2, 0.25) is 0 Å². The number of hydrogen-bond donors (Lipinski definition) is 0. The minimum absolute atomic E-state index is 0.230. The van der Waals surface area contributed by atoms with Crippen molar-refractivity contribution in [3.05, 3.63) is 270 Å². The Balaban J connectivity index is 0.926. The highest BCUT2D eigenvalue weighted by atomic mass is 16.3. The van der Waals surface area contributed by atoms with Gasteiger partial charge in [0.15, 0.2) is 0 Å². The summed E-state index contributed by atoms with van der Waals surface area (Å²) in [5.74, 6) is 0.859. The molecule has 3 aliphatic rings. The van der Waals surface area contributed by atoms with Crippen molar-refractivity contribution in [3.8, 4) is 11.1 Å². The third-order valence-corrected chi connectivity index (χ3v) is 13.7. The number of allylic oxidation sites excluding steroid dienone is 10. The normalized spacial score (nSPS) is 17.5. The average Bonchev–Trinajstić information content (AvgIpc) is 3.74. The molecule has 0 radical (unpaired) electrons. The van der Waals surface area contributed by atoms with E-state index in [0.29, 0.717) is 5.92 Å². The van der Waals surface area contributed by atoms with Crippen LogP contribution in [0.4, 0.5) is 17.1 Å². The Bertz CT molecular complexity index is 3650. The van der Waals surface area contributed by atoms with Crippen LogP contribution in [0.5, 0.6) is 0 Å². The highest BCUT2D eigenvalue weighted by Crippen LogP contribution is 2.44. The number of hydrogen-bond acceptors (Lipinski definition) is 2. The van der Waals surface area contributed by atoms with Gasteiger partial charge in [-0.1, -0.05) is 195 Å². The van der Waals surface area contributed by atoms with E-state index < -0.39 is 0 Å². The molecule has 9 aromatic rings. The summed E-state index contributed by atoms with van der Waals surface area (Å²) < 4.78 is 6.45. The molecule has 1 heterocycles. The minimum atomic E-state index is 0.230. The third kappa shape index (κ3) is 7.18. The predicted octanol–water partition coefficient (Wildman–Crippen LogP) is 15.7. The fraction of sp³-hybridized carbons (Fsp3) is 0.0625. The van der Waals surface area contributed by atoms with Gasteiger partial charge in [0.1, 0.15) is 11.2 Å². The Morgan fingerprint density at radius 3 is 2.17 bits per heavy atom. The van der Waals surface area contributed by atoms with Crippen molar-refractivity contribution in [1.82, 2.24) is 0 Å². The van der Waals surface area contributed by atoms with Crippen LogP contribution in [-0.4, -0.2) is 0 Å². The van der Waals surface area contributed by atoms with Crippen molar-refractivity contribution >= 4 is 73.1 Å². The molecule has 0 N–H and O–H groups in total. The second kappa shape index (κ2) is 16.7. The molecule has 3 atom stereocenters. The second-order valence-corrected chi connectivity index (χ2v) is 17.6.